The van der Waals surface area contributed by atoms with Crippen LogP contribution in [0.2, 0.25) is 0 Å². The molecule has 2 heteroatoms. The van der Waals surface area contributed by atoms with Gasteiger partial charge in [0.1, 0.15) is 6.61 Å². The van der Waals surface area contributed by atoms with Gasteiger partial charge in [0.15, 0.2) is 0 Å². The minimum absolute atomic E-state index is 0.445. The number of rotatable bonds is 3. The van der Waals surface area contributed by atoms with Crippen LogP contribution in [0.5, 0.6) is 0 Å². The fourth-order valence-electron chi connectivity index (χ4n) is 2.90. The molecule has 1 atom stereocenters. The number of nitrogens with zero attached hydrogens (tertiary/aromatic N) is 1. The van der Waals surface area contributed by atoms with Crippen LogP contribution in [0.1, 0.15) is 32.1 Å². The maximum atomic E-state index is 5.03. The van der Waals surface area contributed by atoms with Crippen LogP contribution in [0.25, 0.3) is 0 Å². The molecule has 1 fully saturated rings. The zero-order valence-corrected chi connectivity index (χ0v) is 10.8. The molecule has 2 rings (SSSR count). The van der Waals surface area contributed by atoms with Gasteiger partial charge in [-0.25, -0.2) is 0 Å². The summed E-state index contributed by atoms with van der Waals surface area (Å²) in [6.07, 6.45) is 11.4. The summed E-state index contributed by atoms with van der Waals surface area (Å²) in [5.41, 5.74) is 0. The Morgan fingerprint density at radius 3 is 2.59 bits per heavy atom. The molecule has 2 aliphatic rings. The molecule has 1 aliphatic heterocycles. The Balaban J connectivity index is 1.98. The van der Waals surface area contributed by atoms with E-state index in [1.807, 2.05) is 0 Å². The molecule has 0 spiro atoms. The first-order chi connectivity index (χ1) is 8.42. The molecule has 0 aromatic heterocycles. The molecule has 0 N–H and O–H groups in total. The molecule has 1 saturated carbocycles. The molecular formula is C15H23NO. The van der Waals surface area contributed by atoms with Gasteiger partial charge in [-0.15, -0.1) is 0 Å². The second-order valence-corrected chi connectivity index (χ2v) is 5.02. The molecule has 0 saturated heterocycles. The summed E-state index contributed by atoms with van der Waals surface area (Å²) >= 11 is 0. The molecule has 94 valence electrons. The van der Waals surface area contributed by atoms with Gasteiger partial charge in [0, 0.05) is 20.2 Å². The van der Waals surface area contributed by atoms with Crippen molar-refractivity contribution in [2.75, 3.05) is 26.8 Å². The molecule has 1 unspecified atom stereocenters. The first-order valence-corrected chi connectivity index (χ1v) is 6.78. The van der Waals surface area contributed by atoms with Crippen molar-refractivity contribution in [2.45, 2.75) is 38.1 Å². The van der Waals surface area contributed by atoms with Gasteiger partial charge < -0.3 is 4.74 Å². The number of hydrogen-bond donors (Lipinski definition) is 0. The highest BCUT2D eigenvalue weighted by atomic mass is 16.5. The van der Waals surface area contributed by atoms with E-state index in [1.165, 1.54) is 32.1 Å². The number of ether oxygens (including phenoxy) is 1. The molecule has 2 nitrogen and oxygen atoms in total. The van der Waals surface area contributed by atoms with Crippen LogP contribution in [0, 0.1) is 17.8 Å². The van der Waals surface area contributed by atoms with Gasteiger partial charge in [-0.2, -0.15) is 0 Å². The second kappa shape index (κ2) is 6.83. The van der Waals surface area contributed by atoms with Gasteiger partial charge >= 0.3 is 0 Å². The van der Waals surface area contributed by atoms with Crippen molar-refractivity contribution >= 4 is 0 Å². The molecule has 0 amide bonds. The fraction of sp³-hybridized carbons (Fsp3) is 0.733. The lowest BCUT2D eigenvalue weighted by atomic mass is 9.83. The van der Waals surface area contributed by atoms with Gasteiger partial charge in [-0.05, 0) is 18.8 Å². The molecule has 1 heterocycles. The van der Waals surface area contributed by atoms with E-state index in [0.29, 0.717) is 12.6 Å². The van der Waals surface area contributed by atoms with Gasteiger partial charge in [0.2, 0.25) is 0 Å². The Morgan fingerprint density at radius 1 is 1.24 bits per heavy atom. The van der Waals surface area contributed by atoms with Crippen molar-refractivity contribution < 1.29 is 4.74 Å². The fourth-order valence-corrected chi connectivity index (χ4v) is 2.90. The quantitative estimate of drug-likeness (QED) is 0.548. The van der Waals surface area contributed by atoms with E-state index in [2.05, 4.69) is 28.9 Å². The smallest absolute Gasteiger partial charge is 0.107 e. The largest absolute Gasteiger partial charge is 0.372 e. The molecule has 0 bridgehead atoms. The van der Waals surface area contributed by atoms with Crippen molar-refractivity contribution in [2.24, 2.45) is 5.92 Å². The number of hydrogen-bond acceptors (Lipinski definition) is 2. The Hall–Kier alpha value is -0.780. The summed E-state index contributed by atoms with van der Waals surface area (Å²) in [7, 11) is 1.71. The zero-order chi connectivity index (χ0) is 11.9. The Morgan fingerprint density at radius 2 is 1.94 bits per heavy atom. The van der Waals surface area contributed by atoms with E-state index in [-0.39, 0.29) is 0 Å². The van der Waals surface area contributed by atoms with Gasteiger partial charge in [0.25, 0.3) is 0 Å². The van der Waals surface area contributed by atoms with E-state index in [1.54, 1.807) is 7.11 Å². The maximum Gasteiger partial charge on any atom is 0.107 e. The first-order valence-electron chi connectivity index (χ1n) is 6.78. The first kappa shape index (κ1) is 12.7. The third-order valence-corrected chi connectivity index (χ3v) is 3.80. The summed E-state index contributed by atoms with van der Waals surface area (Å²) in [4.78, 5) is 2.50. The van der Waals surface area contributed by atoms with E-state index >= 15 is 0 Å². The lowest BCUT2D eigenvalue weighted by Gasteiger charge is -2.33. The standard InChI is InChI=1S/C15H23NO/c1-17-13-7-10-15(16-11-5-6-12-16)14-8-3-2-4-9-14/h5-6,14-15H,2-4,8-9,11-13H2,1H3. The maximum absolute atomic E-state index is 5.03. The summed E-state index contributed by atoms with van der Waals surface area (Å²) in [6.45, 7) is 2.70. The SMILES string of the molecule is COCC#CC(C1CCCCC1)N1CC=CC1. The Kier molecular flexibility index (Phi) is 5.09. The van der Waals surface area contributed by atoms with Crippen LogP contribution >= 0.6 is 0 Å². The molecular weight excluding hydrogens is 210 g/mol. The topological polar surface area (TPSA) is 12.5 Å². The van der Waals surface area contributed by atoms with Crippen molar-refractivity contribution in [1.29, 1.82) is 0 Å². The minimum atomic E-state index is 0.445. The van der Waals surface area contributed by atoms with E-state index < -0.39 is 0 Å². The molecule has 17 heavy (non-hydrogen) atoms. The zero-order valence-electron chi connectivity index (χ0n) is 10.8. The van der Waals surface area contributed by atoms with Crippen molar-refractivity contribution in [3.63, 3.8) is 0 Å². The van der Waals surface area contributed by atoms with Crippen LogP contribution in [-0.4, -0.2) is 37.7 Å². The predicted octanol–water partition coefficient (Wildman–Crippen LogP) is 2.46. The predicted molar refractivity (Wildman–Crippen MR) is 70.7 cm³/mol. The highest BCUT2D eigenvalue weighted by Crippen LogP contribution is 2.29. The van der Waals surface area contributed by atoms with Crippen LogP contribution in [0.3, 0.4) is 0 Å². The van der Waals surface area contributed by atoms with Crippen LogP contribution in [0.15, 0.2) is 12.2 Å². The highest BCUT2D eigenvalue weighted by Gasteiger charge is 2.27. The Labute approximate surface area is 105 Å². The molecule has 1 aliphatic carbocycles. The van der Waals surface area contributed by atoms with E-state index in [0.717, 1.165) is 19.0 Å². The van der Waals surface area contributed by atoms with E-state index in [4.69, 9.17) is 4.74 Å². The van der Waals surface area contributed by atoms with Crippen molar-refractivity contribution in [3.8, 4) is 11.8 Å². The monoisotopic (exact) mass is 233 g/mol. The summed E-state index contributed by atoms with van der Waals surface area (Å²) in [6, 6.07) is 0.445. The van der Waals surface area contributed by atoms with Crippen molar-refractivity contribution in [1.82, 2.24) is 4.90 Å². The summed E-state index contributed by atoms with van der Waals surface area (Å²) in [5, 5.41) is 0. The average molecular weight is 233 g/mol. The summed E-state index contributed by atoms with van der Waals surface area (Å²) < 4.78 is 5.03. The average Bonchev–Trinajstić information content (AvgIpc) is 2.89. The molecule has 0 radical (unpaired) electrons. The van der Waals surface area contributed by atoms with Crippen LogP contribution in [-0.2, 0) is 4.74 Å². The molecule has 0 aromatic rings. The second-order valence-electron chi connectivity index (χ2n) is 5.02. The van der Waals surface area contributed by atoms with Crippen molar-refractivity contribution in [3.05, 3.63) is 12.2 Å². The minimum Gasteiger partial charge on any atom is -0.372 e. The van der Waals surface area contributed by atoms with Gasteiger partial charge in [-0.1, -0.05) is 43.3 Å². The Bertz CT molecular complexity index is 299. The number of methoxy groups -OCH3 is 1. The van der Waals surface area contributed by atoms with Crippen LogP contribution < -0.4 is 0 Å². The highest BCUT2D eigenvalue weighted by molar-refractivity contribution is 5.14. The molecule has 0 aromatic carbocycles. The lowest BCUT2D eigenvalue weighted by molar-refractivity contribution is 0.190. The van der Waals surface area contributed by atoms with Gasteiger partial charge in [-0.3, -0.25) is 4.90 Å². The summed E-state index contributed by atoms with van der Waals surface area (Å²) in [5.74, 6) is 7.38. The van der Waals surface area contributed by atoms with Gasteiger partial charge in [0.05, 0.1) is 6.04 Å². The third-order valence-electron chi connectivity index (χ3n) is 3.80. The van der Waals surface area contributed by atoms with E-state index in [9.17, 15) is 0 Å². The van der Waals surface area contributed by atoms with Crippen LogP contribution in [0.4, 0.5) is 0 Å². The normalized spacial score (nSPS) is 23.4. The lowest BCUT2D eigenvalue weighted by Crippen LogP contribution is -2.39. The third kappa shape index (κ3) is 3.59.